The van der Waals surface area contributed by atoms with Gasteiger partial charge in [0.25, 0.3) is 0 Å². The van der Waals surface area contributed by atoms with Crippen LogP contribution in [-0.2, 0) is 4.79 Å². The zero-order valence-corrected chi connectivity index (χ0v) is 10.1. The average Bonchev–Trinajstić information content (AvgIpc) is 2.88. The molecule has 4 heteroatoms. The molecule has 0 radical (unpaired) electrons. The highest BCUT2D eigenvalue weighted by molar-refractivity contribution is 5.81. The van der Waals surface area contributed by atoms with Gasteiger partial charge in [0.2, 0.25) is 5.91 Å². The van der Waals surface area contributed by atoms with Crippen LogP contribution in [0.25, 0.3) is 0 Å². The number of nitrogens with zero attached hydrogens (tertiary/aromatic N) is 1. The van der Waals surface area contributed by atoms with Gasteiger partial charge in [0.15, 0.2) is 0 Å². The van der Waals surface area contributed by atoms with Crippen LogP contribution >= 0.6 is 0 Å². The van der Waals surface area contributed by atoms with E-state index in [-0.39, 0.29) is 11.9 Å². The van der Waals surface area contributed by atoms with E-state index < -0.39 is 0 Å². The molecule has 2 fully saturated rings. The third-order valence-corrected chi connectivity index (χ3v) is 3.75. The van der Waals surface area contributed by atoms with Gasteiger partial charge in [0, 0.05) is 25.2 Å². The fourth-order valence-corrected chi connectivity index (χ4v) is 2.80. The summed E-state index contributed by atoms with van der Waals surface area (Å²) in [7, 11) is 0. The first-order chi connectivity index (χ1) is 7.66. The first-order valence-corrected chi connectivity index (χ1v) is 6.47. The molecule has 4 nitrogen and oxygen atoms in total. The van der Waals surface area contributed by atoms with Crippen LogP contribution in [0.15, 0.2) is 0 Å². The topological polar surface area (TPSA) is 58.4 Å². The van der Waals surface area contributed by atoms with Crippen molar-refractivity contribution in [3.8, 4) is 0 Å². The minimum Gasteiger partial charge on any atom is -0.341 e. The summed E-state index contributed by atoms with van der Waals surface area (Å²) in [5, 5.41) is 3.41. The molecule has 0 aromatic rings. The average molecular weight is 225 g/mol. The summed E-state index contributed by atoms with van der Waals surface area (Å²) in [6, 6.07) is 0.719. The Bertz CT molecular complexity index is 251. The largest absolute Gasteiger partial charge is 0.341 e. The van der Waals surface area contributed by atoms with Gasteiger partial charge in [0.05, 0.1) is 6.04 Å². The molecule has 2 rings (SSSR count). The van der Waals surface area contributed by atoms with Crippen molar-refractivity contribution in [2.45, 2.75) is 57.2 Å². The first kappa shape index (κ1) is 11.9. The van der Waals surface area contributed by atoms with Crippen LogP contribution in [0.1, 0.15) is 39.0 Å². The maximum absolute atomic E-state index is 12.0. The number of carbonyl (C=O) groups is 1. The van der Waals surface area contributed by atoms with E-state index in [1.807, 2.05) is 11.8 Å². The molecule has 2 aliphatic rings. The van der Waals surface area contributed by atoms with Crippen LogP contribution in [0.2, 0.25) is 0 Å². The van der Waals surface area contributed by atoms with E-state index in [1.165, 1.54) is 0 Å². The highest BCUT2D eigenvalue weighted by Crippen LogP contribution is 2.18. The zero-order chi connectivity index (χ0) is 11.5. The van der Waals surface area contributed by atoms with Crippen LogP contribution in [0.4, 0.5) is 0 Å². The standard InChI is InChI=1S/C12H23N3O/c1-9(12(16)15-6-2-3-7-15)14-11-5-4-10(13)8-11/h9-11,14H,2-8,13H2,1H3. The Balaban J connectivity index is 1.78. The van der Waals surface area contributed by atoms with E-state index >= 15 is 0 Å². The van der Waals surface area contributed by atoms with Gasteiger partial charge >= 0.3 is 0 Å². The van der Waals surface area contributed by atoms with E-state index in [1.54, 1.807) is 0 Å². The molecule has 1 saturated heterocycles. The molecule has 0 aromatic heterocycles. The summed E-state index contributed by atoms with van der Waals surface area (Å²) >= 11 is 0. The Morgan fingerprint density at radius 2 is 2.06 bits per heavy atom. The molecule has 3 atom stereocenters. The minimum atomic E-state index is -0.0478. The van der Waals surface area contributed by atoms with E-state index in [2.05, 4.69) is 5.32 Å². The quantitative estimate of drug-likeness (QED) is 0.734. The van der Waals surface area contributed by atoms with Crippen molar-refractivity contribution in [2.24, 2.45) is 5.73 Å². The molecular formula is C12H23N3O. The van der Waals surface area contributed by atoms with E-state index in [9.17, 15) is 4.79 Å². The molecule has 1 heterocycles. The van der Waals surface area contributed by atoms with Crippen molar-refractivity contribution < 1.29 is 4.79 Å². The van der Waals surface area contributed by atoms with Gasteiger partial charge in [-0.25, -0.2) is 0 Å². The monoisotopic (exact) mass is 225 g/mol. The summed E-state index contributed by atoms with van der Waals surface area (Å²) in [4.78, 5) is 14.0. The van der Waals surface area contributed by atoms with Crippen LogP contribution in [-0.4, -0.2) is 42.0 Å². The van der Waals surface area contributed by atoms with Gasteiger partial charge in [0.1, 0.15) is 0 Å². The molecule has 3 unspecified atom stereocenters. The van der Waals surface area contributed by atoms with Crippen molar-refractivity contribution in [3.63, 3.8) is 0 Å². The van der Waals surface area contributed by atoms with E-state index in [4.69, 9.17) is 5.73 Å². The molecular weight excluding hydrogens is 202 g/mol. The van der Waals surface area contributed by atoms with Gasteiger partial charge in [-0.3, -0.25) is 4.79 Å². The lowest BCUT2D eigenvalue weighted by Gasteiger charge is -2.24. The van der Waals surface area contributed by atoms with Crippen LogP contribution in [0.5, 0.6) is 0 Å². The van der Waals surface area contributed by atoms with Gasteiger partial charge in [-0.2, -0.15) is 0 Å². The number of amides is 1. The summed E-state index contributed by atoms with van der Waals surface area (Å²) < 4.78 is 0. The van der Waals surface area contributed by atoms with E-state index in [0.29, 0.717) is 12.1 Å². The highest BCUT2D eigenvalue weighted by atomic mass is 16.2. The lowest BCUT2D eigenvalue weighted by molar-refractivity contribution is -0.132. The van der Waals surface area contributed by atoms with Crippen molar-refractivity contribution in [3.05, 3.63) is 0 Å². The Hall–Kier alpha value is -0.610. The van der Waals surface area contributed by atoms with Crippen molar-refractivity contribution in [2.75, 3.05) is 13.1 Å². The number of likely N-dealkylation sites (tertiary alicyclic amines) is 1. The van der Waals surface area contributed by atoms with Crippen molar-refractivity contribution in [1.29, 1.82) is 0 Å². The molecule has 0 aromatic carbocycles. The second-order valence-electron chi connectivity index (χ2n) is 5.19. The number of carbonyl (C=O) groups excluding carboxylic acids is 1. The molecule has 1 saturated carbocycles. The second kappa shape index (κ2) is 5.15. The number of hydrogen-bond donors (Lipinski definition) is 2. The predicted molar refractivity (Wildman–Crippen MR) is 64.0 cm³/mol. The number of nitrogens with one attached hydrogen (secondary N) is 1. The van der Waals surface area contributed by atoms with Crippen LogP contribution in [0, 0.1) is 0 Å². The Labute approximate surface area is 97.6 Å². The van der Waals surface area contributed by atoms with Gasteiger partial charge in [-0.1, -0.05) is 0 Å². The van der Waals surface area contributed by atoms with Gasteiger partial charge in [-0.15, -0.1) is 0 Å². The second-order valence-corrected chi connectivity index (χ2v) is 5.19. The fraction of sp³-hybridized carbons (Fsp3) is 0.917. The van der Waals surface area contributed by atoms with Gasteiger partial charge < -0.3 is 16.0 Å². The molecule has 1 aliphatic carbocycles. The summed E-state index contributed by atoms with van der Waals surface area (Å²) in [6.07, 6.45) is 5.53. The fourth-order valence-electron chi connectivity index (χ4n) is 2.80. The molecule has 0 bridgehead atoms. The number of hydrogen-bond acceptors (Lipinski definition) is 3. The third-order valence-electron chi connectivity index (χ3n) is 3.75. The Morgan fingerprint density at radius 1 is 1.38 bits per heavy atom. The highest BCUT2D eigenvalue weighted by Gasteiger charge is 2.28. The molecule has 0 spiro atoms. The summed E-state index contributed by atoms with van der Waals surface area (Å²) in [5.41, 5.74) is 5.86. The molecule has 16 heavy (non-hydrogen) atoms. The summed E-state index contributed by atoms with van der Waals surface area (Å²) in [5.74, 6) is 0.262. The molecule has 92 valence electrons. The lowest BCUT2D eigenvalue weighted by Crippen LogP contribution is -2.47. The predicted octanol–water partition coefficient (Wildman–Crippen LogP) is 0.467. The Kier molecular flexibility index (Phi) is 3.82. The minimum absolute atomic E-state index is 0.0478. The number of rotatable bonds is 3. The first-order valence-electron chi connectivity index (χ1n) is 6.47. The summed E-state index contributed by atoms with van der Waals surface area (Å²) in [6.45, 7) is 3.86. The van der Waals surface area contributed by atoms with E-state index in [0.717, 1.165) is 45.2 Å². The maximum atomic E-state index is 12.0. The SMILES string of the molecule is CC(NC1CCC(N)C1)C(=O)N1CCCC1. The van der Waals surface area contributed by atoms with Crippen molar-refractivity contribution in [1.82, 2.24) is 10.2 Å². The third kappa shape index (κ3) is 2.74. The Morgan fingerprint density at radius 3 is 2.62 bits per heavy atom. The normalized spacial score (nSPS) is 32.0. The smallest absolute Gasteiger partial charge is 0.239 e. The van der Waals surface area contributed by atoms with Crippen LogP contribution < -0.4 is 11.1 Å². The maximum Gasteiger partial charge on any atom is 0.239 e. The number of nitrogens with two attached hydrogens (primary N) is 1. The van der Waals surface area contributed by atoms with Crippen LogP contribution in [0.3, 0.4) is 0 Å². The lowest BCUT2D eigenvalue weighted by atomic mass is 10.2. The molecule has 3 N–H and O–H groups in total. The molecule has 1 aliphatic heterocycles. The zero-order valence-electron chi connectivity index (χ0n) is 10.1. The molecule has 1 amide bonds. The van der Waals surface area contributed by atoms with Crippen molar-refractivity contribution >= 4 is 5.91 Å². The van der Waals surface area contributed by atoms with Gasteiger partial charge in [-0.05, 0) is 39.0 Å².